The molecule has 0 fully saturated rings. The molecule has 6 atom stereocenters. The van der Waals surface area contributed by atoms with Crippen molar-refractivity contribution in [3.63, 3.8) is 0 Å². The minimum atomic E-state index is -4.96. The molecule has 558 valence electrons. The molecule has 3 unspecified atom stereocenters. The third-order valence-corrected chi connectivity index (χ3v) is 19.6. The number of esters is 4. The highest BCUT2D eigenvalue weighted by molar-refractivity contribution is 7.47. The van der Waals surface area contributed by atoms with Crippen molar-refractivity contribution < 1.29 is 80.2 Å². The van der Waals surface area contributed by atoms with Crippen molar-refractivity contribution in [1.29, 1.82) is 0 Å². The summed E-state index contributed by atoms with van der Waals surface area (Å²) in [5.74, 6) is 0.246. The lowest BCUT2D eigenvalue weighted by molar-refractivity contribution is -0.161. The molecule has 0 aromatic rings. The lowest BCUT2D eigenvalue weighted by atomic mass is 9.99. The van der Waals surface area contributed by atoms with Gasteiger partial charge < -0.3 is 33.8 Å². The topological polar surface area (TPSA) is 237 Å². The van der Waals surface area contributed by atoms with Crippen LogP contribution < -0.4 is 0 Å². The molecule has 17 nitrogen and oxygen atoms in total. The number of phosphoric acid groups is 2. The van der Waals surface area contributed by atoms with Crippen LogP contribution in [0.1, 0.15) is 382 Å². The van der Waals surface area contributed by atoms with E-state index in [9.17, 15) is 43.2 Å². The van der Waals surface area contributed by atoms with Crippen molar-refractivity contribution in [2.75, 3.05) is 39.6 Å². The normalized spacial score (nSPS) is 14.4. The number of carbonyl (C=O) groups excluding carboxylic acids is 4. The van der Waals surface area contributed by atoms with Crippen molar-refractivity contribution in [3.8, 4) is 0 Å². The number of ether oxygens (including phenoxy) is 4. The fourth-order valence-corrected chi connectivity index (χ4v) is 13.0. The third-order valence-electron chi connectivity index (χ3n) is 17.7. The van der Waals surface area contributed by atoms with Gasteiger partial charge in [0, 0.05) is 25.7 Å². The Morgan fingerprint density at radius 1 is 0.309 bits per heavy atom. The van der Waals surface area contributed by atoms with Gasteiger partial charge in [0.15, 0.2) is 12.2 Å². The summed E-state index contributed by atoms with van der Waals surface area (Å²) in [5.41, 5.74) is 0. The van der Waals surface area contributed by atoms with Crippen LogP contribution in [0.25, 0.3) is 0 Å². The van der Waals surface area contributed by atoms with Gasteiger partial charge in [-0.2, -0.15) is 0 Å². The number of rotatable bonds is 73. The maximum absolute atomic E-state index is 13.1. The van der Waals surface area contributed by atoms with Crippen molar-refractivity contribution in [2.24, 2.45) is 17.8 Å². The Balaban J connectivity index is 5.19. The zero-order valence-corrected chi connectivity index (χ0v) is 63.2. The zero-order valence-electron chi connectivity index (χ0n) is 61.4. The molecule has 0 bridgehead atoms. The number of hydrogen-bond donors (Lipinski definition) is 3. The molecule has 0 saturated heterocycles. The molecule has 0 aliphatic carbocycles. The van der Waals surface area contributed by atoms with Gasteiger partial charge in [-0.3, -0.25) is 37.3 Å². The van der Waals surface area contributed by atoms with E-state index in [1.165, 1.54) is 180 Å². The Bertz CT molecular complexity index is 1840. The van der Waals surface area contributed by atoms with Gasteiger partial charge in [-0.25, -0.2) is 9.13 Å². The van der Waals surface area contributed by atoms with E-state index in [0.29, 0.717) is 25.7 Å². The molecular weight excluding hydrogens is 1230 g/mol. The van der Waals surface area contributed by atoms with Gasteiger partial charge >= 0.3 is 39.5 Å². The zero-order chi connectivity index (χ0) is 69.4. The lowest BCUT2D eigenvalue weighted by Gasteiger charge is -2.21. The largest absolute Gasteiger partial charge is 0.472 e. The predicted octanol–water partition coefficient (Wildman–Crippen LogP) is 21.8. The van der Waals surface area contributed by atoms with E-state index in [1.54, 1.807) is 0 Å². The molecule has 0 aromatic carbocycles. The Morgan fingerprint density at radius 3 is 0.809 bits per heavy atom. The molecule has 3 N–H and O–H groups in total. The van der Waals surface area contributed by atoms with E-state index in [-0.39, 0.29) is 25.7 Å². The first-order chi connectivity index (χ1) is 45.3. The average molecular weight is 1380 g/mol. The van der Waals surface area contributed by atoms with Crippen LogP contribution in [0.15, 0.2) is 0 Å². The number of unbranched alkanes of at least 4 members (excludes halogenated alkanes) is 40. The highest BCUT2D eigenvalue weighted by Crippen LogP contribution is 2.45. The SMILES string of the molecule is CCCCCCCCCC(=O)OC[C@H](COP(=O)(O)OC[C@H](O)COP(=O)(O)OC[C@@H](COC(=O)CCCCCCCCCCCCCCCCC(C)CC)OC(=O)CCCCCCCCCCCCCCCCCC(C)C)OC(=O)CCCCCCCCCCC(C)C. The van der Waals surface area contributed by atoms with Gasteiger partial charge in [-0.1, -0.05) is 331 Å². The molecule has 0 saturated carbocycles. The summed E-state index contributed by atoms with van der Waals surface area (Å²) in [7, 11) is -9.90. The van der Waals surface area contributed by atoms with Crippen LogP contribution in [0.2, 0.25) is 0 Å². The van der Waals surface area contributed by atoms with Gasteiger partial charge in [-0.05, 0) is 43.4 Å². The number of aliphatic hydroxyl groups is 1. The van der Waals surface area contributed by atoms with E-state index in [1.807, 2.05) is 0 Å². The monoisotopic (exact) mass is 1380 g/mol. The summed E-state index contributed by atoms with van der Waals surface area (Å²) in [4.78, 5) is 72.6. The summed E-state index contributed by atoms with van der Waals surface area (Å²) in [6.07, 6.45) is 51.5. The van der Waals surface area contributed by atoms with E-state index in [4.69, 9.17) is 37.0 Å². The number of phosphoric ester groups is 2. The minimum Gasteiger partial charge on any atom is -0.462 e. The minimum absolute atomic E-state index is 0.104. The van der Waals surface area contributed by atoms with E-state index in [2.05, 4.69) is 48.5 Å². The van der Waals surface area contributed by atoms with Gasteiger partial charge in [0.05, 0.1) is 26.4 Å². The molecule has 0 aromatic heterocycles. The molecule has 0 aliphatic heterocycles. The first-order valence-corrected chi connectivity index (χ1v) is 41.9. The number of carbonyl (C=O) groups is 4. The van der Waals surface area contributed by atoms with Crippen LogP contribution in [0.4, 0.5) is 0 Å². The number of aliphatic hydroxyl groups excluding tert-OH is 1. The summed E-state index contributed by atoms with van der Waals surface area (Å²) in [6.45, 7) is 11.9. The van der Waals surface area contributed by atoms with Crippen LogP contribution in [0, 0.1) is 17.8 Å². The molecular formula is C75H146O17P2. The number of hydrogen-bond acceptors (Lipinski definition) is 15. The van der Waals surface area contributed by atoms with Gasteiger partial charge in [0.25, 0.3) is 0 Å². The molecule has 0 aliphatic rings. The highest BCUT2D eigenvalue weighted by atomic mass is 31.2. The molecule has 0 spiro atoms. The van der Waals surface area contributed by atoms with E-state index < -0.39 is 97.5 Å². The standard InChI is InChI=1S/C75H146O17P2/c1-8-10-11-12-32-42-49-56-72(77)85-62-70(92-75(80)59-52-45-38-31-30-34-40-47-54-67(5)6)64-89-93(81,82)87-60-69(76)61-88-94(83,84)90-65-71(91-74(79)58-51-44-37-29-25-21-15-13-14-18-22-26-33-39-46-53-66(3)4)63-86-73(78)57-50-43-36-28-24-20-17-16-19-23-27-35-41-48-55-68(7)9-2/h66-71,76H,8-65H2,1-7H3,(H,81,82)(H,83,84)/t68?,69-,70+,71+/m0/s1. The van der Waals surface area contributed by atoms with Crippen LogP contribution in [-0.2, 0) is 65.4 Å². The van der Waals surface area contributed by atoms with Gasteiger partial charge in [0.1, 0.15) is 19.3 Å². The molecule has 94 heavy (non-hydrogen) atoms. The third kappa shape index (κ3) is 67.3. The second kappa shape index (κ2) is 65.7. The van der Waals surface area contributed by atoms with E-state index in [0.717, 1.165) is 120 Å². The predicted molar refractivity (Wildman–Crippen MR) is 381 cm³/mol. The average Bonchev–Trinajstić information content (AvgIpc) is 1.68. The summed E-state index contributed by atoms with van der Waals surface area (Å²) < 4.78 is 68.4. The molecule has 0 heterocycles. The van der Waals surface area contributed by atoms with Crippen molar-refractivity contribution in [3.05, 3.63) is 0 Å². The smallest absolute Gasteiger partial charge is 0.462 e. The van der Waals surface area contributed by atoms with Crippen molar-refractivity contribution in [2.45, 2.75) is 401 Å². The molecule has 0 rings (SSSR count). The molecule has 0 amide bonds. The van der Waals surface area contributed by atoms with Gasteiger partial charge in [0.2, 0.25) is 0 Å². The second-order valence-electron chi connectivity index (χ2n) is 28.2. The van der Waals surface area contributed by atoms with Crippen LogP contribution >= 0.6 is 15.6 Å². The Labute approximate surface area is 575 Å². The van der Waals surface area contributed by atoms with Crippen molar-refractivity contribution >= 4 is 39.5 Å². The van der Waals surface area contributed by atoms with Gasteiger partial charge in [-0.15, -0.1) is 0 Å². The summed E-state index contributed by atoms with van der Waals surface area (Å²) in [6, 6.07) is 0. The second-order valence-corrected chi connectivity index (χ2v) is 31.1. The fourth-order valence-electron chi connectivity index (χ4n) is 11.4. The molecule has 19 heteroatoms. The first kappa shape index (κ1) is 92.1. The Kier molecular flexibility index (Phi) is 64.3. The lowest BCUT2D eigenvalue weighted by Crippen LogP contribution is -2.30. The molecule has 0 radical (unpaired) electrons. The first-order valence-electron chi connectivity index (χ1n) is 38.9. The quantitative estimate of drug-likeness (QED) is 0.0222. The maximum Gasteiger partial charge on any atom is 0.472 e. The summed E-state index contributed by atoms with van der Waals surface area (Å²) in [5, 5.41) is 10.6. The Hall–Kier alpha value is -1.94. The summed E-state index contributed by atoms with van der Waals surface area (Å²) >= 11 is 0. The van der Waals surface area contributed by atoms with Crippen molar-refractivity contribution in [1.82, 2.24) is 0 Å². The van der Waals surface area contributed by atoms with Crippen LogP contribution in [0.5, 0.6) is 0 Å². The maximum atomic E-state index is 13.1. The van der Waals surface area contributed by atoms with E-state index >= 15 is 0 Å². The van der Waals surface area contributed by atoms with Crippen LogP contribution in [0.3, 0.4) is 0 Å². The Morgan fingerprint density at radius 2 is 0.543 bits per heavy atom. The fraction of sp³-hybridized carbons (Fsp3) is 0.947. The highest BCUT2D eigenvalue weighted by Gasteiger charge is 2.30. The van der Waals surface area contributed by atoms with Crippen LogP contribution in [-0.4, -0.2) is 96.7 Å².